The Kier molecular flexibility index (Phi) is 5.11. The summed E-state index contributed by atoms with van der Waals surface area (Å²) >= 11 is 0. The topological polar surface area (TPSA) is 58.1 Å². The number of benzene rings is 1. The summed E-state index contributed by atoms with van der Waals surface area (Å²) in [6.45, 7) is 4.78. The summed E-state index contributed by atoms with van der Waals surface area (Å²) in [7, 11) is 0. The van der Waals surface area contributed by atoms with Crippen molar-refractivity contribution >= 4 is 5.82 Å². The Bertz CT molecular complexity index is 930. The van der Waals surface area contributed by atoms with Crippen molar-refractivity contribution in [3.63, 3.8) is 0 Å². The number of terminal acetylenes is 1. The van der Waals surface area contributed by atoms with Crippen LogP contribution in [0.1, 0.15) is 18.4 Å². The standard InChI is InChI=1S/C24H27N3O3/c1-2-21-24(28,18-10-12-26(21)13-11-18)20-8-9-22(27-14-16-29-17-15-27)25-23(20)30-19-6-4-3-5-7-19/h1,3-9,18,21,28H,10-17H2. The number of pyridine rings is 1. The summed E-state index contributed by atoms with van der Waals surface area (Å²) in [5, 5.41) is 12.0. The van der Waals surface area contributed by atoms with E-state index < -0.39 is 5.60 Å². The number of hydrogen-bond donors (Lipinski definition) is 1. The molecule has 0 aliphatic carbocycles. The number of ether oxygens (including phenoxy) is 2. The van der Waals surface area contributed by atoms with Crippen molar-refractivity contribution in [3.8, 4) is 24.0 Å². The summed E-state index contributed by atoms with van der Waals surface area (Å²) in [6, 6.07) is 13.1. The van der Waals surface area contributed by atoms with E-state index >= 15 is 0 Å². The van der Waals surface area contributed by atoms with Gasteiger partial charge in [-0.05, 0) is 56.1 Å². The van der Waals surface area contributed by atoms with E-state index in [1.807, 2.05) is 42.5 Å². The smallest absolute Gasteiger partial charge is 0.227 e. The molecule has 156 valence electrons. The SMILES string of the molecule is C#CC1N2CCC(CC2)C1(O)c1ccc(N2CCOCC2)nc1Oc1ccccc1. The average molecular weight is 405 g/mol. The first-order valence-corrected chi connectivity index (χ1v) is 10.7. The molecule has 0 spiro atoms. The Labute approximate surface area is 177 Å². The van der Waals surface area contributed by atoms with E-state index in [2.05, 4.69) is 15.7 Å². The fraction of sp³-hybridized carbons (Fsp3) is 0.458. The summed E-state index contributed by atoms with van der Waals surface area (Å²) in [5.74, 6) is 4.90. The van der Waals surface area contributed by atoms with Crippen LogP contribution in [0, 0.1) is 18.3 Å². The number of anilines is 1. The molecule has 6 nitrogen and oxygen atoms in total. The fourth-order valence-electron chi connectivity index (χ4n) is 5.08. The molecule has 2 unspecified atom stereocenters. The zero-order valence-corrected chi connectivity index (χ0v) is 17.0. The molecule has 2 bridgehead atoms. The predicted molar refractivity (Wildman–Crippen MR) is 115 cm³/mol. The minimum Gasteiger partial charge on any atom is -0.439 e. The highest BCUT2D eigenvalue weighted by Crippen LogP contribution is 2.49. The van der Waals surface area contributed by atoms with Crippen LogP contribution < -0.4 is 9.64 Å². The number of aromatic nitrogens is 1. The molecule has 1 aromatic heterocycles. The number of hydrogen-bond acceptors (Lipinski definition) is 6. The summed E-state index contributed by atoms with van der Waals surface area (Å²) in [4.78, 5) is 9.26. The molecule has 2 atom stereocenters. The van der Waals surface area contributed by atoms with E-state index in [1.54, 1.807) is 0 Å². The van der Waals surface area contributed by atoms with Gasteiger partial charge in [0.2, 0.25) is 5.88 Å². The molecule has 4 aliphatic rings. The van der Waals surface area contributed by atoms with Crippen LogP contribution >= 0.6 is 0 Å². The summed E-state index contributed by atoms with van der Waals surface area (Å²) < 4.78 is 11.7. The summed E-state index contributed by atoms with van der Waals surface area (Å²) in [6.07, 6.45) is 7.76. The second-order valence-corrected chi connectivity index (χ2v) is 8.24. The molecule has 4 fully saturated rings. The van der Waals surface area contributed by atoms with Gasteiger partial charge in [-0.1, -0.05) is 24.1 Å². The van der Waals surface area contributed by atoms with Gasteiger partial charge in [0.05, 0.1) is 13.2 Å². The van der Waals surface area contributed by atoms with Gasteiger partial charge >= 0.3 is 0 Å². The van der Waals surface area contributed by atoms with Crippen molar-refractivity contribution < 1.29 is 14.6 Å². The third-order valence-corrected chi connectivity index (χ3v) is 6.66. The van der Waals surface area contributed by atoms with E-state index in [1.165, 1.54) is 0 Å². The molecule has 1 N–H and O–H groups in total. The third-order valence-electron chi connectivity index (χ3n) is 6.66. The highest BCUT2D eigenvalue weighted by Gasteiger charge is 2.55. The van der Waals surface area contributed by atoms with Gasteiger partial charge < -0.3 is 19.5 Å². The molecule has 0 amide bonds. The van der Waals surface area contributed by atoms with E-state index in [-0.39, 0.29) is 12.0 Å². The van der Waals surface area contributed by atoms with Gasteiger partial charge in [0.1, 0.15) is 23.2 Å². The first-order chi connectivity index (χ1) is 14.7. The maximum atomic E-state index is 12.0. The molecule has 1 aromatic carbocycles. The van der Waals surface area contributed by atoms with Crippen LogP contribution in [0.15, 0.2) is 42.5 Å². The number of fused-ring (bicyclic) bond motifs is 3. The van der Waals surface area contributed by atoms with Gasteiger partial charge in [-0.2, -0.15) is 4.98 Å². The molecule has 6 heteroatoms. The van der Waals surface area contributed by atoms with Crippen molar-refractivity contribution in [2.24, 2.45) is 5.92 Å². The Morgan fingerprint density at radius 3 is 2.50 bits per heavy atom. The molecular formula is C24H27N3O3. The van der Waals surface area contributed by atoms with E-state index in [0.717, 1.165) is 44.8 Å². The lowest BCUT2D eigenvalue weighted by Crippen LogP contribution is -2.63. The van der Waals surface area contributed by atoms with Gasteiger partial charge in [0.25, 0.3) is 0 Å². The fourth-order valence-corrected chi connectivity index (χ4v) is 5.08. The Morgan fingerprint density at radius 1 is 1.07 bits per heavy atom. The molecular weight excluding hydrogens is 378 g/mol. The van der Waals surface area contributed by atoms with Gasteiger partial charge in [-0.3, -0.25) is 4.90 Å². The van der Waals surface area contributed by atoms with Gasteiger partial charge in [-0.15, -0.1) is 6.42 Å². The second kappa shape index (κ2) is 7.92. The Morgan fingerprint density at radius 2 is 1.80 bits per heavy atom. The van der Waals surface area contributed by atoms with Crippen LogP contribution in [0.25, 0.3) is 0 Å². The normalized spacial score (nSPS) is 30.7. The minimum atomic E-state index is -1.17. The van der Waals surface area contributed by atoms with Gasteiger partial charge in [-0.25, -0.2) is 0 Å². The minimum absolute atomic E-state index is 0.0951. The highest BCUT2D eigenvalue weighted by atomic mass is 16.5. The van der Waals surface area contributed by atoms with Crippen LogP contribution in [0.3, 0.4) is 0 Å². The van der Waals surface area contributed by atoms with Crippen LogP contribution in [-0.2, 0) is 10.3 Å². The maximum Gasteiger partial charge on any atom is 0.227 e. The van der Waals surface area contributed by atoms with E-state index in [0.29, 0.717) is 30.4 Å². The van der Waals surface area contributed by atoms with Gasteiger partial charge in [0.15, 0.2) is 0 Å². The van der Waals surface area contributed by atoms with E-state index in [9.17, 15) is 5.11 Å². The zero-order valence-electron chi connectivity index (χ0n) is 17.0. The van der Waals surface area contributed by atoms with Crippen molar-refractivity contribution in [2.75, 3.05) is 44.3 Å². The first kappa shape index (κ1) is 19.4. The van der Waals surface area contributed by atoms with Gasteiger partial charge in [0, 0.05) is 18.7 Å². The number of nitrogens with zero attached hydrogens (tertiary/aromatic N) is 3. The quantitative estimate of drug-likeness (QED) is 0.790. The van der Waals surface area contributed by atoms with Crippen LogP contribution in [0.5, 0.6) is 11.6 Å². The first-order valence-electron chi connectivity index (χ1n) is 10.7. The van der Waals surface area contributed by atoms with Crippen LogP contribution in [-0.4, -0.2) is 60.4 Å². The average Bonchev–Trinajstić information content (AvgIpc) is 2.81. The predicted octanol–water partition coefficient (Wildman–Crippen LogP) is 2.63. The second-order valence-electron chi connectivity index (χ2n) is 8.24. The molecule has 5 heterocycles. The Hall–Kier alpha value is -2.59. The number of aliphatic hydroxyl groups is 1. The van der Waals surface area contributed by atoms with Crippen LogP contribution in [0.2, 0.25) is 0 Å². The molecule has 2 aromatic rings. The number of piperidine rings is 3. The van der Waals surface area contributed by atoms with Crippen molar-refractivity contribution in [3.05, 3.63) is 48.0 Å². The third kappa shape index (κ3) is 3.24. The lowest BCUT2D eigenvalue weighted by Gasteiger charge is -2.54. The number of rotatable bonds is 4. The summed E-state index contributed by atoms with van der Waals surface area (Å²) in [5.41, 5.74) is -0.493. The molecule has 6 rings (SSSR count). The number of morpholine rings is 1. The zero-order chi connectivity index (χ0) is 20.6. The highest BCUT2D eigenvalue weighted by molar-refractivity contribution is 5.49. The largest absolute Gasteiger partial charge is 0.439 e. The van der Waals surface area contributed by atoms with E-state index in [4.69, 9.17) is 20.9 Å². The number of para-hydroxylation sites is 1. The molecule has 0 radical (unpaired) electrons. The lowest BCUT2D eigenvalue weighted by molar-refractivity contribution is -0.143. The molecule has 4 saturated heterocycles. The molecule has 4 aliphatic heterocycles. The molecule has 0 saturated carbocycles. The monoisotopic (exact) mass is 405 g/mol. The van der Waals surface area contributed by atoms with Crippen molar-refractivity contribution in [2.45, 2.75) is 24.5 Å². The van der Waals surface area contributed by atoms with Crippen molar-refractivity contribution in [1.29, 1.82) is 0 Å². The maximum absolute atomic E-state index is 12.0. The molecule has 30 heavy (non-hydrogen) atoms. The Balaban J connectivity index is 1.59. The lowest BCUT2D eigenvalue weighted by atomic mass is 9.67. The van der Waals surface area contributed by atoms with Crippen LogP contribution in [0.4, 0.5) is 5.82 Å². The van der Waals surface area contributed by atoms with Crippen molar-refractivity contribution in [1.82, 2.24) is 9.88 Å².